The van der Waals surface area contributed by atoms with Crippen LogP contribution in [0.25, 0.3) is 5.65 Å². The summed E-state index contributed by atoms with van der Waals surface area (Å²) < 4.78 is 1.47. The number of tetrazole rings is 1. The Balaban J connectivity index is 1.65. The van der Waals surface area contributed by atoms with Crippen LogP contribution in [0.15, 0.2) is 12.1 Å². The Hall–Kier alpha value is -1.72. The lowest BCUT2D eigenvalue weighted by molar-refractivity contribution is 0.214. The number of anilines is 1. The Morgan fingerprint density at radius 1 is 1.14 bits per heavy atom. The molecule has 0 spiro atoms. The average molecular weight is 288 g/mol. The van der Waals surface area contributed by atoms with Gasteiger partial charge in [-0.15, -0.1) is 14.8 Å². The van der Waals surface area contributed by atoms with Crippen LogP contribution in [0.2, 0.25) is 0 Å². The van der Waals surface area contributed by atoms with Crippen molar-refractivity contribution in [1.82, 2.24) is 25.3 Å². The van der Waals surface area contributed by atoms with E-state index in [4.69, 9.17) is 0 Å². The van der Waals surface area contributed by atoms with Gasteiger partial charge < -0.3 is 5.32 Å². The van der Waals surface area contributed by atoms with Crippen molar-refractivity contribution < 1.29 is 0 Å². The highest BCUT2D eigenvalue weighted by Gasteiger charge is 2.27. The minimum Gasteiger partial charge on any atom is -0.366 e. The first kappa shape index (κ1) is 14.2. The highest BCUT2D eigenvalue weighted by molar-refractivity contribution is 5.42. The van der Waals surface area contributed by atoms with Gasteiger partial charge in [0.15, 0.2) is 5.65 Å². The molecule has 1 N–H and O–H groups in total. The first-order valence-corrected chi connectivity index (χ1v) is 7.84. The number of hydrogen-bond acceptors (Lipinski definition) is 5. The maximum Gasteiger partial charge on any atom is 0.200 e. The second-order valence-corrected chi connectivity index (χ2v) is 7.16. The lowest BCUT2D eigenvalue weighted by Crippen LogP contribution is -2.22. The normalized spacial score (nSPS) is 24.0. The van der Waals surface area contributed by atoms with Gasteiger partial charge in [-0.25, -0.2) is 0 Å². The third-order valence-electron chi connectivity index (χ3n) is 4.62. The molecule has 0 radical (unpaired) electrons. The standard InChI is InChI=1S/C15H24N6/c1-15(2,3)11-5-4-6-12(8-7-11)16-13-9-10-14-17-19-20-21(14)18-13/h9-12H,4-8H2,1-3H3,(H,16,18). The third-order valence-corrected chi connectivity index (χ3v) is 4.62. The molecular weight excluding hydrogens is 264 g/mol. The van der Waals surface area contributed by atoms with Crippen LogP contribution in [0.1, 0.15) is 52.9 Å². The molecule has 0 bridgehead atoms. The number of fused-ring (bicyclic) bond motifs is 1. The Morgan fingerprint density at radius 2 is 2.00 bits per heavy atom. The van der Waals surface area contributed by atoms with Crippen LogP contribution >= 0.6 is 0 Å². The van der Waals surface area contributed by atoms with Gasteiger partial charge in [0.25, 0.3) is 0 Å². The monoisotopic (exact) mass is 288 g/mol. The molecule has 0 amide bonds. The Morgan fingerprint density at radius 3 is 2.81 bits per heavy atom. The van der Waals surface area contributed by atoms with Crippen LogP contribution in [-0.2, 0) is 0 Å². The van der Waals surface area contributed by atoms with Gasteiger partial charge in [0.05, 0.1) is 0 Å². The lowest BCUT2D eigenvalue weighted by Gasteiger charge is -2.29. The average Bonchev–Trinajstić information content (AvgIpc) is 2.75. The van der Waals surface area contributed by atoms with E-state index in [0.29, 0.717) is 17.1 Å². The van der Waals surface area contributed by atoms with Crippen molar-refractivity contribution in [3.63, 3.8) is 0 Å². The van der Waals surface area contributed by atoms with Gasteiger partial charge in [-0.2, -0.15) is 0 Å². The van der Waals surface area contributed by atoms with E-state index in [2.05, 4.69) is 46.7 Å². The van der Waals surface area contributed by atoms with E-state index in [0.717, 1.165) is 11.7 Å². The first-order chi connectivity index (χ1) is 10.0. The van der Waals surface area contributed by atoms with Gasteiger partial charge in [0.2, 0.25) is 0 Å². The molecule has 0 aliphatic heterocycles. The highest BCUT2D eigenvalue weighted by Crippen LogP contribution is 2.37. The summed E-state index contributed by atoms with van der Waals surface area (Å²) in [5.41, 5.74) is 1.09. The van der Waals surface area contributed by atoms with Crippen LogP contribution in [-0.4, -0.2) is 31.3 Å². The molecule has 2 aromatic heterocycles. The molecule has 21 heavy (non-hydrogen) atoms. The van der Waals surface area contributed by atoms with Crippen LogP contribution in [0, 0.1) is 11.3 Å². The second-order valence-electron chi connectivity index (χ2n) is 7.16. The molecule has 3 rings (SSSR count). The minimum atomic E-state index is 0.415. The highest BCUT2D eigenvalue weighted by atomic mass is 15.6. The van der Waals surface area contributed by atoms with Crippen molar-refractivity contribution in [2.75, 3.05) is 5.32 Å². The summed E-state index contributed by atoms with van der Waals surface area (Å²) in [7, 11) is 0. The van der Waals surface area contributed by atoms with Crippen molar-refractivity contribution in [1.29, 1.82) is 0 Å². The maximum absolute atomic E-state index is 4.40. The van der Waals surface area contributed by atoms with E-state index in [1.807, 2.05) is 12.1 Å². The topological polar surface area (TPSA) is 68.0 Å². The fraction of sp³-hybridized carbons (Fsp3) is 0.733. The summed E-state index contributed by atoms with van der Waals surface area (Å²) in [6, 6.07) is 4.35. The van der Waals surface area contributed by atoms with E-state index in [9.17, 15) is 0 Å². The molecule has 1 aliphatic carbocycles. The lowest BCUT2D eigenvalue weighted by atomic mass is 9.76. The third kappa shape index (κ3) is 3.31. The number of aromatic nitrogens is 5. The van der Waals surface area contributed by atoms with E-state index in [1.165, 1.54) is 36.7 Å². The van der Waals surface area contributed by atoms with E-state index in [-0.39, 0.29) is 0 Å². The molecule has 2 aromatic rings. The molecule has 6 nitrogen and oxygen atoms in total. The summed E-state index contributed by atoms with van der Waals surface area (Å²) in [5, 5.41) is 19.3. The second kappa shape index (κ2) is 5.58. The maximum atomic E-state index is 4.40. The predicted octanol–water partition coefficient (Wildman–Crippen LogP) is 2.93. The van der Waals surface area contributed by atoms with Crippen molar-refractivity contribution in [3.8, 4) is 0 Å². The number of hydrogen-bond donors (Lipinski definition) is 1. The Labute approximate surface area is 125 Å². The van der Waals surface area contributed by atoms with Crippen LogP contribution in [0.4, 0.5) is 5.82 Å². The summed E-state index contributed by atoms with van der Waals surface area (Å²) in [6.45, 7) is 7.08. The minimum absolute atomic E-state index is 0.415. The van der Waals surface area contributed by atoms with Crippen LogP contribution in [0.5, 0.6) is 0 Å². The van der Waals surface area contributed by atoms with Gasteiger partial charge in [-0.05, 0) is 59.6 Å². The molecule has 2 heterocycles. The van der Waals surface area contributed by atoms with Gasteiger partial charge in [0, 0.05) is 6.04 Å². The molecule has 6 heteroatoms. The number of nitrogens with one attached hydrogen (secondary N) is 1. The van der Waals surface area contributed by atoms with Crippen molar-refractivity contribution >= 4 is 11.5 Å². The summed E-state index contributed by atoms with van der Waals surface area (Å²) >= 11 is 0. The molecule has 2 unspecified atom stereocenters. The van der Waals surface area contributed by atoms with Crippen molar-refractivity contribution in [3.05, 3.63) is 12.1 Å². The van der Waals surface area contributed by atoms with Gasteiger partial charge in [-0.3, -0.25) is 0 Å². The van der Waals surface area contributed by atoms with Crippen molar-refractivity contribution in [2.45, 2.75) is 58.9 Å². The number of rotatable bonds is 2. The van der Waals surface area contributed by atoms with E-state index >= 15 is 0 Å². The predicted molar refractivity (Wildman–Crippen MR) is 82.0 cm³/mol. The summed E-state index contributed by atoms with van der Waals surface area (Å²) in [6.07, 6.45) is 6.32. The zero-order valence-electron chi connectivity index (χ0n) is 13.1. The summed E-state index contributed by atoms with van der Waals surface area (Å²) in [4.78, 5) is 0. The zero-order chi connectivity index (χ0) is 14.9. The van der Waals surface area contributed by atoms with Crippen LogP contribution < -0.4 is 5.32 Å². The summed E-state index contributed by atoms with van der Waals surface area (Å²) in [5.74, 6) is 1.67. The first-order valence-electron chi connectivity index (χ1n) is 7.84. The molecule has 1 saturated carbocycles. The SMILES string of the molecule is CC(C)(C)C1CCCC(Nc2ccc3nnnn3n2)CC1. The Kier molecular flexibility index (Phi) is 3.78. The van der Waals surface area contributed by atoms with Gasteiger partial charge >= 0.3 is 0 Å². The Bertz CT molecular complexity index is 599. The fourth-order valence-electron chi connectivity index (χ4n) is 3.25. The molecule has 2 atom stereocenters. The van der Waals surface area contributed by atoms with E-state index in [1.54, 1.807) is 0 Å². The van der Waals surface area contributed by atoms with Gasteiger partial charge in [0.1, 0.15) is 5.82 Å². The molecular formula is C15H24N6. The largest absolute Gasteiger partial charge is 0.366 e. The number of nitrogens with zero attached hydrogens (tertiary/aromatic N) is 5. The molecule has 0 saturated heterocycles. The quantitative estimate of drug-likeness (QED) is 0.861. The smallest absolute Gasteiger partial charge is 0.200 e. The van der Waals surface area contributed by atoms with Gasteiger partial charge in [-0.1, -0.05) is 27.2 Å². The van der Waals surface area contributed by atoms with Crippen LogP contribution in [0.3, 0.4) is 0 Å². The van der Waals surface area contributed by atoms with Crippen molar-refractivity contribution in [2.24, 2.45) is 11.3 Å². The fourth-order valence-corrected chi connectivity index (χ4v) is 3.25. The molecule has 1 aliphatic rings. The molecule has 1 fully saturated rings. The zero-order valence-corrected chi connectivity index (χ0v) is 13.1. The molecule has 0 aromatic carbocycles. The van der Waals surface area contributed by atoms with E-state index < -0.39 is 0 Å². The molecule has 114 valence electrons.